The number of benzene rings is 2. The number of fused-ring (bicyclic) bond motifs is 1. The molecule has 4 heteroatoms. The van der Waals surface area contributed by atoms with Crippen molar-refractivity contribution >= 4 is 5.90 Å². The van der Waals surface area contributed by atoms with Gasteiger partial charge in [0.1, 0.15) is 23.8 Å². The molecule has 0 aromatic heterocycles. The van der Waals surface area contributed by atoms with E-state index in [1.807, 2.05) is 26.0 Å². The van der Waals surface area contributed by atoms with Crippen LogP contribution in [0, 0.1) is 29.4 Å². The quantitative estimate of drug-likeness (QED) is 0.463. The average Bonchev–Trinajstić information content (AvgIpc) is 3.17. The third-order valence-electron chi connectivity index (χ3n) is 8.24. The van der Waals surface area contributed by atoms with E-state index in [0.29, 0.717) is 18.1 Å². The summed E-state index contributed by atoms with van der Waals surface area (Å²) in [4.78, 5) is 4.33. The average molecular weight is 452 g/mol. The summed E-state index contributed by atoms with van der Waals surface area (Å²) >= 11 is 0. The van der Waals surface area contributed by atoms with E-state index in [-0.39, 0.29) is 11.5 Å². The lowest BCUT2D eigenvalue weighted by atomic mass is 9.63. The van der Waals surface area contributed by atoms with Gasteiger partial charge in [-0.2, -0.15) is 0 Å². The first-order chi connectivity index (χ1) is 15.8. The molecule has 0 saturated heterocycles. The zero-order valence-electron chi connectivity index (χ0n) is 20.0. The molecule has 2 fully saturated rings. The molecule has 1 heterocycles. The smallest absolute Gasteiger partial charge is 0.222 e. The molecule has 1 aliphatic heterocycles. The summed E-state index contributed by atoms with van der Waals surface area (Å²) in [5.74, 6) is 2.12. The van der Waals surface area contributed by atoms with Crippen LogP contribution in [-0.2, 0) is 4.74 Å². The van der Waals surface area contributed by atoms with Gasteiger partial charge in [-0.1, -0.05) is 44.0 Å². The van der Waals surface area contributed by atoms with Crippen molar-refractivity contribution in [3.8, 4) is 11.1 Å². The van der Waals surface area contributed by atoms with E-state index in [2.05, 4.69) is 24.0 Å². The second-order valence-corrected chi connectivity index (χ2v) is 11.1. The van der Waals surface area contributed by atoms with E-state index in [1.54, 1.807) is 0 Å². The number of aliphatic imine (C=N–C) groups is 1. The molecule has 2 nitrogen and oxygen atoms in total. The van der Waals surface area contributed by atoms with Crippen LogP contribution in [0.15, 0.2) is 41.4 Å². The van der Waals surface area contributed by atoms with Gasteiger partial charge in [-0.3, -0.25) is 0 Å². The number of rotatable bonds is 4. The third kappa shape index (κ3) is 4.58. The minimum atomic E-state index is -0.633. The molecular formula is C29H35F2NO. The highest BCUT2D eigenvalue weighted by molar-refractivity contribution is 5.96. The van der Waals surface area contributed by atoms with Crippen LogP contribution in [0.25, 0.3) is 11.1 Å². The van der Waals surface area contributed by atoms with Gasteiger partial charge in [0, 0.05) is 0 Å². The van der Waals surface area contributed by atoms with Crippen LogP contribution in [0.3, 0.4) is 0 Å². The first kappa shape index (κ1) is 22.6. The molecule has 3 aliphatic rings. The summed E-state index contributed by atoms with van der Waals surface area (Å²) in [5, 5.41) is 0. The van der Waals surface area contributed by atoms with Gasteiger partial charge in [0.05, 0.1) is 5.54 Å². The topological polar surface area (TPSA) is 21.6 Å². The Morgan fingerprint density at radius 1 is 0.909 bits per heavy atom. The Kier molecular flexibility index (Phi) is 6.05. The van der Waals surface area contributed by atoms with E-state index in [0.717, 1.165) is 23.3 Å². The van der Waals surface area contributed by atoms with Crippen LogP contribution in [0.2, 0.25) is 0 Å². The molecule has 2 aromatic rings. The zero-order chi connectivity index (χ0) is 23.2. The Labute approximate surface area is 196 Å². The van der Waals surface area contributed by atoms with E-state index in [9.17, 15) is 8.78 Å². The molecule has 176 valence electrons. The molecule has 5 rings (SSSR count). The van der Waals surface area contributed by atoms with Crippen molar-refractivity contribution in [2.45, 2.75) is 77.2 Å². The number of ether oxygens (including phenoxy) is 1. The molecular weight excluding hydrogens is 416 g/mol. The second kappa shape index (κ2) is 8.85. The molecule has 0 spiro atoms. The highest BCUT2D eigenvalue weighted by Crippen LogP contribution is 2.48. The minimum Gasteiger partial charge on any atom is -0.475 e. The second-order valence-electron chi connectivity index (χ2n) is 11.1. The van der Waals surface area contributed by atoms with Gasteiger partial charge in [0.25, 0.3) is 0 Å². The predicted molar refractivity (Wildman–Crippen MR) is 130 cm³/mol. The molecule has 4 unspecified atom stereocenters. The Morgan fingerprint density at radius 2 is 1.58 bits per heavy atom. The Balaban J connectivity index is 1.31. The van der Waals surface area contributed by atoms with Crippen molar-refractivity contribution < 1.29 is 13.5 Å². The standard InChI is InChI=1S/C29H35F2NO/c1-4-18-5-6-23-14-22(12-11-21(23)13-18)19-7-9-20(10-8-19)24-15-25(30)27(26(31)16-24)28-32-29(2,3)17-33-28/h7-10,15-16,18,21-23H,4-6,11-14,17H2,1-3H3. The third-order valence-corrected chi connectivity index (χ3v) is 8.24. The fraction of sp³-hybridized carbons (Fsp3) is 0.552. The number of hydrogen-bond donors (Lipinski definition) is 0. The summed E-state index contributed by atoms with van der Waals surface area (Å²) in [6, 6.07) is 11.1. The number of nitrogens with zero attached hydrogens (tertiary/aromatic N) is 1. The van der Waals surface area contributed by atoms with Gasteiger partial charge in [0.2, 0.25) is 5.90 Å². The van der Waals surface area contributed by atoms with Crippen molar-refractivity contribution in [2.24, 2.45) is 22.7 Å². The SMILES string of the molecule is CCC1CCC2CC(c3ccc(-c4cc(F)c(C5=NC(C)(C)CO5)c(F)c4)cc3)CCC2C1. The fourth-order valence-electron chi connectivity index (χ4n) is 6.26. The highest BCUT2D eigenvalue weighted by Gasteiger charge is 2.35. The lowest BCUT2D eigenvalue weighted by molar-refractivity contribution is 0.116. The van der Waals surface area contributed by atoms with Gasteiger partial charge in [-0.05, 0) is 98.4 Å². The van der Waals surface area contributed by atoms with E-state index in [1.165, 1.54) is 62.6 Å². The summed E-state index contributed by atoms with van der Waals surface area (Å²) in [6.45, 7) is 6.43. The summed E-state index contributed by atoms with van der Waals surface area (Å²) < 4.78 is 35.2. The van der Waals surface area contributed by atoms with Crippen LogP contribution in [-0.4, -0.2) is 18.0 Å². The van der Waals surface area contributed by atoms with Crippen molar-refractivity contribution in [3.05, 3.63) is 59.2 Å². The van der Waals surface area contributed by atoms with Crippen LogP contribution in [0.1, 0.15) is 82.8 Å². The first-order valence-corrected chi connectivity index (χ1v) is 12.7. The zero-order valence-corrected chi connectivity index (χ0v) is 20.0. The molecule has 0 radical (unpaired) electrons. The van der Waals surface area contributed by atoms with Crippen molar-refractivity contribution in [2.75, 3.05) is 6.61 Å². The number of halogens is 2. The molecule has 0 bridgehead atoms. The number of hydrogen-bond acceptors (Lipinski definition) is 2. The maximum Gasteiger partial charge on any atom is 0.222 e. The fourth-order valence-corrected chi connectivity index (χ4v) is 6.26. The van der Waals surface area contributed by atoms with Crippen molar-refractivity contribution in [1.82, 2.24) is 0 Å². The van der Waals surface area contributed by atoms with Crippen molar-refractivity contribution in [3.63, 3.8) is 0 Å². The molecule has 0 N–H and O–H groups in total. The maximum absolute atomic E-state index is 14.9. The summed E-state index contributed by atoms with van der Waals surface area (Å²) in [6.07, 6.45) is 9.42. The van der Waals surface area contributed by atoms with E-state index in [4.69, 9.17) is 4.74 Å². The first-order valence-electron chi connectivity index (χ1n) is 12.7. The summed E-state index contributed by atoms with van der Waals surface area (Å²) in [5.41, 5.74) is 2.10. The normalized spacial score (nSPS) is 28.7. The Hall–Kier alpha value is -2.23. The predicted octanol–water partition coefficient (Wildman–Crippen LogP) is 7.90. The lowest BCUT2D eigenvalue weighted by Crippen LogP contribution is -2.30. The molecule has 0 amide bonds. The van der Waals surface area contributed by atoms with Gasteiger partial charge < -0.3 is 4.74 Å². The Bertz CT molecular complexity index is 1020. The van der Waals surface area contributed by atoms with Gasteiger partial charge in [-0.25, -0.2) is 13.8 Å². The van der Waals surface area contributed by atoms with Crippen molar-refractivity contribution in [1.29, 1.82) is 0 Å². The van der Waals surface area contributed by atoms with E-state index < -0.39 is 17.2 Å². The van der Waals surface area contributed by atoms with Crippen LogP contribution >= 0.6 is 0 Å². The summed E-state index contributed by atoms with van der Waals surface area (Å²) in [7, 11) is 0. The minimum absolute atomic E-state index is 0.0560. The molecule has 2 aliphatic carbocycles. The molecule has 2 saturated carbocycles. The molecule has 2 aromatic carbocycles. The monoisotopic (exact) mass is 451 g/mol. The largest absolute Gasteiger partial charge is 0.475 e. The lowest BCUT2D eigenvalue weighted by Gasteiger charge is -2.42. The van der Waals surface area contributed by atoms with Crippen LogP contribution in [0.4, 0.5) is 8.78 Å². The maximum atomic E-state index is 14.9. The van der Waals surface area contributed by atoms with Gasteiger partial charge in [-0.15, -0.1) is 0 Å². The van der Waals surface area contributed by atoms with Gasteiger partial charge >= 0.3 is 0 Å². The van der Waals surface area contributed by atoms with Crippen LogP contribution in [0.5, 0.6) is 0 Å². The van der Waals surface area contributed by atoms with E-state index >= 15 is 0 Å². The highest BCUT2D eigenvalue weighted by atomic mass is 19.1. The molecule has 33 heavy (non-hydrogen) atoms. The van der Waals surface area contributed by atoms with Gasteiger partial charge in [0.15, 0.2) is 0 Å². The Morgan fingerprint density at radius 3 is 2.21 bits per heavy atom. The van der Waals surface area contributed by atoms with Crippen LogP contribution < -0.4 is 0 Å². The molecule has 4 atom stereocenters.